The van der Waals surface area contributed by atoms with Crippen LogP contribution in [0.3, 0.4) is 0 Å². The second kappa shape index (κ2) is 9.27. The molecule has 0 aliphatic heterocycles. The SMILES string of the molecule is CC/C=C(\CC)N(Cc1ccc(Br)cc1)C(=O)C1CCCCC1. The summed E-state index contributed by atoms with van der Waals surface area (Å²) in [5.74, 6) is 0.542. The summed E-state index contributed by atoms with van der Waals surface area (Å²) in [5.41, 5.74) is 2.36. The van der Waals surface area contributed by atoms with Gasteiger partial charge in [0, 0.05) is 16.1 Å². The highest BCUT2D eigenvalue weighted by Gasteiger charge is 2.27. The quantitative estimate of drug-likeness (QED) is 0.589. The highest BCUT2D eigenvalue weighted by atomic mass is 79.9. The largest absolute Gasteiger partial charge is 0.312 e. The van der Waals surface area contributed by atoms with Gasteiger partial charge in [-0.05, 0) is 43.4 Å². The van der Waals surface area contributed by atoms with Gasteiger partial charge in [-0.25, -0.2) is 0 Å². The van der Waals surface area contributed by atoms with Gasteiger partial charge in [0.25, 0.3) is 0 Å². The van der Waals surface area contributed by atoms with Crippen molar-refractivity contribution in [2.45, 2.75) is 65.3 Å². The number of hydrogen-bond acceptors (Lipinski definition) is 1. The third-order valence-electron chi connectivity index (χ3n) is 4.62. The van der Waals surface area contributed by atoms with Crippen molar-refractivity contribution in [2.75, 3.05) is 0 Å². The minimum atomic E-state index is 0.214. The lowest BCUT2D eigenvalue weighted by Crippen LogP contribution is -2.36. The van der Waals surface area contributed by atoms with E-state index in [2.05, 4.69) is 48.0 Å². The molecular weight excluding hydrogens is 350 g/mol. The van der Waals surface area contributed by atoms with E-state index < -0.39 is 0 Å². The van der Waals surface area contributed by atoms with E-state index in [4.69, 9.17) is 0 Å². The van der Waals surface area contributed by atoms with Gasteiger partial charge in [-0.2, -0.15) is 0 Å². The molecule has 2 rings (SSSR count). The standard InChI is InChI=1S/C20H28BrNO/c1-3-8-19(4-2)22(15-16-11-13-18(21)14-12-16)20(23)17-9-6-5-7-10-17/h8,11-14,17H,3-7,9-10,15H2,1-2H3/b19-8+. The topological polar surface area (TPSA) is 20.3 Å². The summed E-state index contributed by atoms with van der Waals surface area (Å²) in [6.07, 6.45) is 9.86. The number of amides is 1. The summed E-state index contributed by atoms with van der Waals surface area (Å²) < 4.78 is 1.08. The summed E-state index contributed by atoms with van der Waals surface area (Å²) >= 11 is 3.48. The summed E-state index contributed by atoms with van der Waals surface area (Å²) in [7, 11) is 0. The zero-order chi connectivity index (χ0) is 16.7. The molecule has 126 valence electrons. The molecule has 0 saturated heterocycles. The lowest BCUT2D eigenvalue weighted by molar-refractivity contribution is -0.135. The number of hydrogen-bond donors (Lipinski definition) is 0. The number of halogens is 1. The Morgan fingerprint density at radius 2 is 1.83 bits per heavy atom. The Morgan fingerprint density at radius 1 is 1.17 bits per heavy atom. The van der Waals surface area contributed by atoms with E-state index >= 15 is 0 Å². The smallest absolute Gasteiger partial charge is 0.230 e. The normalized spacial score (nSPS) is 16.4. The van der Waals surface area contributed by atoms with Crippen LogP contribution in [0, 0.1) is 5.92 Å². The van der Waals surface area contributed by atoms with E-state index in [1.165, 1.54) is 30.5 Å². The highest BCUT2D eigenvalue weighted by molar-refractivity contribution is 9.10. The van der Waals surface area contributed by atoms with E-state index in [1.807, 2.05) is 17.0 Å². The van der Waals surface area contributed by atoms with Crippen molar-refractivity contribution in [2.24, 2.45) is 5.92 Å². The van der Waals surface area contributed by atoms with Crippen LogP contribution in [0.1, 0.15) is 64.4 Å². The molecule has 1 aromatic rings. The number of benzene rings is 1. The Morgan fingerprint density at radius 3 is 2.39 bits per heavy atom. The van der Waals surface area contributed by atoms with E-state index in [-0.39, 0.29) is 5.92 Å². The van der Waals surface area contributed by atoms with Crippen LogP contribution >= 0.6 is 15.9 Å². The van der Waals surface area contributed by atoms with Crippen molar-refractivity contribution in [3.63, 3.8) is 0 Å². The Labute approximate surface area is 149 Å². The maximum atomic E-state index is 13.1. The molecule has 0 radical (unpaired) electrons. The van der Waals surface area contributed by atoms with Crippen LogP contribution in [0.4, 0.5) is 0 Å². The summed E-state index contributed by atoms with van der Waals surface area (Å²) in [6, 6.07) is 8.30. The van der Waals surface area contributed by atoms with Gasteiger partial charge in [-0.1, -0.05) is 67.2 Å². The number of nitrogens with zero attached hydrogens (tertiary/aromatic N) is 1. The predicted octanol–water partition coefficient (Wildman–Crippen LogP) is 6.06. The molecule has 0 atom stereocenters. The van der Waals surface area contributed by atoms with Crippen molar-refractivity contribution < 1.29 is 4.79 Å². The van der Waals surface area contributed by atoms with Crippen molar-refractivity contribution in [3.05, 3.63) is 46.1 Å². The van der Waals surface area contributed by atoms with Gasteiger partial charge in [0.05, 0.1) is 6.54 Å². The van der Waals surface area contributed by atoms with Crippen molar-refractivity contribution in [1.29, 1.82) is 0 Å². The predicted molar refractivity (Wildman–Crippen MR) is 99.9 cm³/mol. The summed E-state index contributed by atoms with van der Waals surface area (Å²) in [6.45, 7) is 4.96. The average Bonchev–Trinajstić information content (AvgIpc) is 2.60. The molecule has 3 heteroatoms. The fourth-order valence-electron chi connectivity index (χ4n) is 3.34. The van der Waals surface area contributed by atoms with Crippen LogP contribution in [-0.4, -0.2) is 10.8 Å². The number of allylic oxidation sites excluding steroid dienone is 2. The van der Waals surface area contributed by atoms with Gasteiger partial charge in [-0.15, -0.1) is 0 Å². The van der Waals surface area contributed by atoms with Crippen LogP contribution in [0.2, 0.25) is 0 Å². The molecule has 0 heterocycles. The first-order valence-electron chi connectivity index (χ1n) is 8.90. The van der Waals surface area contributed by atoms with Crippen LogP contribution in [0.15, 0.2) is 40.5 Å². The molecule has 0 unspecified atom stereocenters. The molecule has 1 amide bonds. The molecule has 2 nitrogen and oxygen atoms in total. The van der Waals surface area contributed by atoms with Gasteiger partial charge >= 0.3 is 0 Å². The third kappa shape index (κ3) is 5.20. The lowest BCUT2D eigenvalue weighted by Gasteiger charge is -2.31. The second-order valence-corrected chi connectivity index (χ2v) is 7.26. The molecule has 1 aromatic carbocycles. The van der Waals surface area contributed by atoms with Crippen LogP contribution in [0.25, 0.3) is 0 Å². The molecule has 1 fully saturated rings. The molecule has 1 saturated carbocycles. The van der Waals surface area contributed by atoms with Gasteiger partial charge in [0.15, 0.2) is 0 Å². The van der Waals surface area contributed by atoms with E-state index in [9.17, 15) is 4.79 Å². The Hall–Kier alpha value is -1.09. The molecule has 0 bridgehead atoms. The van der Waals surface area contributed by atoms with E-state index in [0.29, 0.717) is 12.5 Å². The van der Waals surface area contributed by atoms with Gasteiger partial charge in [0.1, 0.15) is 0 Å². The van der Waals surface area contributed by atoms with Crippen LogP contribution in [-0.2, 0) is 11.3 Å². The summed E-state index contributed by atoms with van der Waals surface area (Å²) in [4.78, 5) is 15.2. The fourth-order valence-corrected chi connectivity index (χ4v) is 3.61. The minimum absolute atomic E-state index is 0.214. The molecule has 1 aliphatic carbocycles. The highest BCUT2D eigenvalue weighted by Crippen LogP contribution is 2.28. The van der Waals surface area contributed by atoms with E-state index in [0.717, 1.165) is 30.2 Å². The molecule has 0 N–H and O–H groups in total. The van der Waals surface area contributed by atoms with Gasteiger partial charge < -0.3 is 4.90 Å². The minimum Gasteiger partial charge on any atom is -0.312 e. The zero-order valence-corrected chi connectivity index (χ0v) is 15.9. The fraction of sp³-hybridized carbons (Fsp3) is 0.550. The molecular formula is C20H28BrNO. The third-order valence-corrected chi connectivity index (χ3v) is 5.15. The second-order valence-electron chi connectivity index (χ2n) is 6.34. The number of carbonyl (C=O) groups is 1. The maximum absolute atomic E-state index is 13.1. The Kier molecular flexibility index (Phi) is 7.35. The molecule has 23 heavy (non-hydrogen) atoms. The molecule has 0 aromatic heterocycles. The van der Waals surface area contributed by atoms with Crippen LogP contribution < -0.4 is 0 Å². The van der Waals surface area contributed by atoms with Gasteiger partial charge in [0.2, 0.25) is 5.91 Å². The first-order valence-corrected chi connectivity index (χ1v) is 9.69. The average molecular weight is 378 g/mol. The summed E-state index contributed by atoms with van der Waals surface area (Å²) in [5, 5.41) is 0. The van der Waals surface area contributed by atoms with Crippen molar-refractivity contribution in [3.8, 4) is 0 Å². The van der Waals surface area contributed by atoms with Crippen molar-refractivity contribution in [1.82, 2.24) is 4.90 Å². The van der Waals surface area contributed by atoms with Gasteiger partial charge in [-0.3, -0.25) is 4.79 Å². The monoisotopic (exact) mass is 377 g/mol. The Bertz CT molecular complexity index is 529. The first kappa shape index (κ1) is 18.3. The number of carbonyl (C=O) groups excluding carboxylic acids is 1. The first-order chi connectivity index (χ1) is 11.2. The molecule has 0 spiro atoms. The van der Waals surface area contributed by atoms with Crippen molar-refractivity contribution >= 4 is 21.8 Å². The number of rotatable bonds is 6. The Balaban J connectivity index is 2.21. The lowest BCUT2D eigenvalue weighted by atomic mass is 9.88. The zero-order valence-electron chi connectivity index (χ0n) is 14.4. The molecule has 1 aliphatic rings. The van der Waals surface area contributed by atoms with Crippen LogP contribution in [0.5, 0.6) is 0 Å². The maximum Gasteiger partial charge on any atom is 0.230 e. The van der Waals surface area contributed by atoms with E-state index in [1.54, 1.807) is 0 Å².